The number of rotatable bonds is 4. The lowest BCUT2D eigenvalue weighted by atomic mass is 10.1. The highest BCUT2D eigenvalue weighted by Gasteiger charge is 2.30. The predicted octanol–water partition coefficient (Wildman–Crippen LogP) is 3.59. The lowest BCUT2D eigenvalue weighted by molar-refractivity contribution is -0.137. The first-order chi connectivity index (χ1) is 11.8. The maximum atomic E-state index is 12.6. The number of nitrogens with zero attached hydrogens (tertiary/aromatic N) is 3. The molecule has 2 N–H and O–H groups in total. The van der Waals surface area contributed by atoms with Gasteiger partial charge in [0.15, 0.2) is 5.76 Å². The van der Waals surface area contributed by atoms with Crippen LogP contribution in [0.2, 0.25) is 0 Å². The molecule has 3 rings (SSSR count). The summed E-state index contributed by atoms with van der Waals surface area (Å²) in [5.74, 6) is -1.35. The molecule has 0 amide bonds. The van der Waals surface area contributed by atoms with Crippen LogP contribution in [-0.2, 0) is 6.18 Å². The monoisotopic (exact) mass is 350 g/mol. The Morgan fingerprint density at radius 3 is 2.24 bits per heavy atom. The Bertz CT molecular complexity index is 890. The number of alkyl halides is 3. The molecule has 7 nitrogen and oxygen atoms in total. The summed E-state index contributed by atoms with van der Waals surface area (Å²) >= 11 is 0. The molecule has 0 saturated carbocycles. The van der Waals surface area contributed by atoms with Gasteiger partial charge in [-0.3, -0.25) is 0 Å². The van der Waals surface area contributed by atoms with Crippen LogP contribution >= 0.6 is 0 Å². The van der Waals surface area contributed by atoms with Crippen LogP contribution in [0.15, 0.2) is 47.3 Å². The summed E-state index contributed by atoms with van der Waals surface area (Å²) < 4.78 is 43.1. The van der Waals surface area contributed by atoms with Gasteiger partial charge in [0, 0.05) is 5.56 Å². The second kappa shape index (κ2) is 6.23. The Labute approximate surface area is 138 Å². The SMILES string of the molecule is O=C(O)c1ncc(Nc2ncc(-c3ccc(C(F)(F)F)cc3)o2)cn1. The molecule has 0 aliphatic carbocycles. The minimum atomic E-state index is -4.41. The van der Waals surface area contributed by atoms with Gasteiger partial charge in [-0.25, -0.2) is 19.7 Å². The third kappa shape index (κ3) is 3.74. The van der Waals surface area contributed by atoms with Gasteiger partial charge >= 0.3 is 12.1 Å². The van der Waals surface area contributed by atoms with E-state index in [0.717, 1.165) is 12.1 Å². The summed E-state index contributed by atoms with van der Waals surface area (Å²) in [6, 6.07) is 4.50. The third-order valence-electron chi connectivity index (χ3n) is 3.10. The van der Waals surface area contributed by atoms with E-state index in [-0.39, 0.29) is 17.6 Å². The van der Waals surface area contributed by atoms with Crippen LogP contribution in [0.25, 0.3) is 11.3 Å². The summed E-state index contributed by atoms with van der Waals surface area (Å²) in [4.78, 5) is 21.9. The molecule has 25 heavy (non-hydrogen) atoms. The van der Waals surface area contributed by atoms with E-state index in [9.17, 15) is 18.0 Å². The molecule has 0 bridgehead atoms. The van der Waals surface area contributed by atoms with Crippen molar-refractivity contribution in [2.45, 2.75) is 6.18 Å². The fourth-order valence-electron chi connectivity index (χ4n) is 1.92. The lowest BCUT2D eigenvalue weighted by Gasteiger charge is -2.06. The van der Waals surface area contributed by atoms with Crippen molar-refractivity contribution in [1.82, 2.24) is 15.0 Å². The van der Waals surface area contributed by atoms with Crippen LogP contribution in [0.1, 0.15) is 16.2 Å². The third-order valence-corrected chi connectivity index (χ3v) is 3.10. The van der Waals surface area contributed by atoms with E-state index in [2.05, 4.69) is 20.3 Å². The van der Waals surface area contributed by atoms with E-state index < -0.39 is 17.7 Å². The summed E-state index contributed by atoms with van der Waals surface area (Å²) in [5.41, 5.74) is 0.00151. The van der Waals surface area contributed by atoms with Gasteiger partial charge < -0.3 is 14.8 Å². The van der Waals surface area contributed by atoms with E-state index in [1.165, 1.54) is 30.7 Å². The molecule has 2 aromatic heterocycles. The van der Waals surface area contributed by atoms with Crippen molar-refractivity contribution in [3.8, 4) is 11.3 Å². The van der Waals surface area contributed by atoms with Crippen LogP contribution in [0.4, 0.5) is 24.9 Å². The van der Waals surface area contributed by atoms with Crippen LogP contribution < -0.4 is 5.32 Å². The van der Waals surface area contributed by atoms with Gasteiger partial charge in [0.05, 0.1) is 29.8 Å². The normalized spacial score (nSPS) is 11.3. The number of halogens is 3. The van der Waals surface area contributed by atoms with Gasteiger partial charge in [-0.05, 0) is 12.1 Å². The molecule has 1 aromatic carbocycles. The Balaban J connectivity index is 1.75. The van der Waals surface area contributed by atoms with E-state index in [1.54, 1.807) is 0 Å². The van der Waals surface area contributed by atoms with Gasteiger partial charge in [-0.15, -0.1) is 0 Å². The number of anilines is 2. The largest absolute Gasteiger partial charge is 0.475 e. The molecule has 0 radical (unpaired) electrons. The van der Waals surface area contributed by atoms with Crippen molar-refractivity contribution in [1.29, 1.82) is 0 Å². The molecule has 3 aromatic rings. The van der Waals surface area contributed by atoms with E-state index in [1.807, 2.05) is 0 Å². The second-order valence-corrected chi connectivity index (χ2v) is 4.83. The van der Waals surface area contributed by atoms with Gasteiger partial charge in [-0.1, -0.05) is 12.1 Å². The Kier molecular flexibility index (Phi) is 4.09. The number of hydrogen-bond donors (Lipinski definition) is 2. The smallest absolute Gasteiger partial charge is 0.416 e. The van der Waals surface area contributed by atoms with Gasteiger partial charge in [-0.2, -0.15) is 13.2 Å². The zero-order chi connectivity index (χ0) is 18.0. The number of aromatic nitrogens is 3. The lowest BCUT2D eigenvalue weighted by Crippen LogP contribution is -2.04. The number of aromatic carboxylic acids is 1. The van der Waals surface area contributed by atoms with E-state index in [0.29, 0.717) is 11.3 Å². The fraction of sp³-hybridized carbons (Fsp3) is 0.0667. The molecule has 0 saturated heterocycles. The number of carbonyl (C=O) groups is 1. The predicted molar refractivity (Wildman–Crippen MR) is 79.2 cm³/mol. The van der Waals surface area contributed by atoms with Crippen LogP contribution in [0.5, 0.6) is 0 Å². The van der Waals surface area contributed by atoms with Crippen molar-refractivity contribution in [3.05, 3.63) is 54.2 Å². The quantitative estimate of drug-likeness (QED) is 0.741. The molecule has 128 valence electrons. The average Bonchev–Trinajstić information content (AvgIpc) is 3.03. The molecule has 0 fully saturated rings. The first-order valence-corrected chi connectivity index (χ1v) is 6.79. The average molecular weight is 350 g/mol. The number of carboxylic acids is 1. The molecule has 0 spiro atoms. The molecule has 0 unspecified atom stereocenters. The van der Waals surface area contributed by atoms with Crippen LogP contribution in [0.3, 0.4) is 0 Å². The van der Waals surface area contributed by atoms with Crippen LogP contribution in [0, 0.1) is 0 Å². The zero-order valence-electron chi connectivity index (χ0n) is 12.3. The molecule has 0 aliphatic heterocycles. The Hall–Kier alpha value is -3.43. The number of hydrogen-bond acceptors (Lipinski definition) is 6. The minimum Gasteiger partial charge on any atom is -0.475 e. The Morgan fingerprint density at radius 1 is 1.04 bits per heavy atom. The van der Waals surface area contributed by atoms with Crippen molar-refractivity contribution < 1.29 is 27.5 Å². The minimum absolute atomic E-state index is 0.0570. The Morgan fingerprint density at radius 2 is 1.68 bits per heavy atom. The number of nitrogens with one attached hydrogen (secondary N) is 1. The van der Waals surface area contributed by atoms with Crippen LogP contribution in [-0.4, -0.2) is 26.0 Å². The summed E-state index contributed by atoms with van der Waals surface area (Å²) in [6.07, 6.45) is -0.594. The molecule has 0 aliphatic rings. The van der Waals surface area contributed by atoms with Gasteiger partial charge in [0.25, 0.3) is 6.01 Å². The van der Waals surface area contributed by atoms with E-state index >= 15 is 0 Å². The molecule has 2 heterocycles. The highest BCUT2D eigenvalue weighted by atomic mass is 19.4. The second-order valence-electron chi connectivity index (χ2n) is 4.83. The molecule has 10 heteroatoms. The zero-order valence-corrected chi connectivity index (χ0v) is 12.3. The topological polar surface area (TPSA) is 101 Å². The standard InChI is InChI=1S/C15H9F3N4O3/c16-15(17,18)9-3-1-8(2-4-9)11-7-21-14(25-11)22-10-5-19-12(13(23)24)20-6-10/h1-7H,(H,21,22)(H,23,24). The van der Waals surface area contributed by atoms with Crippen molar-refractivity contribution in [2.75, 3.05) is 5.32 Å². The first kappa shape index (κ1) is 16.4. The number of carboxylic acid groups (broad SMARTS) is 1. The highest BCUT2D eigenvalue weighted by Crippen LogP contribution is 2.31. The van der Waals surface area contributed by atoms with Gasteiger partial charge in [0.1, 0.15) is 0 Å². The number of benzene rings is 1. The first-order valence-electron chi connectivity index (χ1n) is 6.79. The van der Waals surface area contributed by atoms with Crippen molar-refractivity contribution in [2.24, 2.45) is 0 Å². The summed E-state index contributed by atoms with van der Waals surface area (Å²) in [6.45, 7) is 0. The van der Waals surface area contributed by atoms with Crippen molar-refractivity contribution in [3.63, 3.8) is 0 Å². The number of oxazole rings is 1. The fourth-order valence-corrected chi connectivity index (χ4v) is 1.92. The summed E-state index contributed by atoms with van der Waals surface area (Å²) in [7, 11) is 0. The molecular weight excluding hydrogens is 341 g/mol. The molecule has 0 atom stereocenters. The molecular formula is C15H9F3N4O3. The van der Waals surface area contributed by atoms with Crippen molar-refractivity contribution >= 4 is 17.7 Å². The highest BCUT2D eigenvalue weighted by molar-refractivity contribution is 5.83. The maximum Gasteiger partial charge on any atom is 0.416 e. The maximum absolute atomic E-state index is 12.6. The van der Waals surface area contributed by atoms with Gasteiger partial charge in [0.2, 0.25) is 5.82 Å². The summed E-state index contributed by atoms with van der Waals surface area (Å²) in [5, 5.41) is 11.4. The van der Waals surface area contributed by atoms with E-state index in [4.69, 9.17) is 9.52 Å².